The van der Waals surface area contributed by atoms with E-state index in [1.165, 1.54) is 6.07 Å². The number of carbonyl (C=O) groups is 1. The monoisotopic (exact) mass is 329 g/mol. The van der Waals surface area contributed by atoms with E-state index in [2.05, 4.69) is 15.3 Å². The van der Waals surface area contributed by atoms with Crippen LogP contribution in [0.1, 0.15) is 41.1 Å². The summed E-state index contributed by atoms with van der Waals surface area (Å²) in [6.45, 7) is 3.57. The predicted octanol–water partition coefficient (Wildman–Crippen LogP) is 0.515. The molecule has 0 spiro atoms. The number of piperidine rings is 1. The van der Waals surface area contributed by atoms with Gasteiger partial charge in [-0.25, -0.2) is 4.68 Å². The zero-order chi connectivity index (χ0) is 16.7. The number of pyridine rings is 1. The van der Waals surface area contributed by atoms with Crippen molar-refractivity contribution in [3.8, 4) is 0 Å². The lowest BCUT2D eigenvalue weighted by Gasteiger charge is -2.41. The van der Waals surface area contributed by atoms with Gasteiger partial charge in [0.25, 0.3) is 5.91 Å². The van der Waals surface area contributed by atoms with Gasteiger partial charge in [0, 0.05) is 30.4 Å². The highest BCUT2D eigenvalue weighted by atomic mass is 16.5. The van der Waals surface area contributed by atoms with Crippen LogP contribution in [0.3, 0.4) is 0 Å². The van der Waals surface area contributed by atoms with Crippen LogP contribution in [0.25, 0.3) is 0 Å². The van der Waals surface area contributed by atoms with Crippen LogP contribution in [0.4, 0.5) is 0 Å². The summed E-state index contributed by atoms with van der Waals surface area (Å²) < 4.78 is 7.73. The van der Waals surface area contributed by atoms with Crippen LogP contribution < -0.4 is 5.56 Å². The van der Waals surface area contributed by atoms with E-state index >= 15 is 0 Å². The summed E-state index contributed by atoms with van der Waals surface area (Å²) in [4.78, 5) is 29.1. The second kappa shape index (κ2) is 5.86. The summed E-state index contributed by atoms with van der Waals surface area (Å²) in [6.07, 6.45) is 3.17. The number of likely N-dealkylation sites (tertiary alicyclic amines) is 1. The van der Waals surface area contributed by atoms with Crippen LogP contribution in [-0.2, 0) is 17.8 Å². The molecule has 0 unspecified atom stereocenters. The van der Waals surface area contributed by atoms with Crippen molar-refractivity contribution in [1.29, 1.82) is 0 Å². The number of fused-ring (bicyclic) bond motifs is 3. The normalized spacial score (nSPS) is 22.8. The Morgan fingerprint density at radius 1 is 1.46 bits per heavy atom. The Hall–Kier alpha value is -2.48. The Labute approximate surface area is 138 Å². The van der Waals surface area contributed by atoms with Crippen LogP contribution in [0.15, 0.2) is 23.1 Å². The van der Waals surface area contributed by atoms with Gasteiger partial charge >= 0.3 is 0 Å². The number of nitrogens with zero attached hydrogens (tertiary/aromatic N) is 4. The van der Waals surface area contributed by atoms with Crippen LogP contribution in [0.5, 0.6) is 0 Å². The maximum atomic E-state index is 12.8. The molecule has 4 heterocycles. The van der Waals surface area contributed by atoms with E-state index in [1.807, 2.05) is 11.6 Å². The molecule has 1 fully saturated rings. The average Bonchev–Trinajstić information content (AvgIpc) is 3.09. The lowest BCUT2D eigenvalue weighted by atomic mass is 9.99. The number of ether oxygens (including phenoxy) is 1. The number of rotatable bonds is 2. The van der Waals surface area contributed by atoms with Crippen molar-refractivity contribution in [3.05, 3.63) is 45.6 Å². The maximum absolute atomic E-state index is 12.8. The minimum Gasteiger partial charge on any atom is -0.370 e. The third-order valence-corrected chi connectivity index (χ3v) is 4.74. The molecule has 2 aliphatic heterocycles. The molecule has 24 heavy (non-hydrogen) atoms. The van der Waals surface area contributed by atoms with E-state index in [0.717, 1.165) is 17.8 Å². The molecular weight excluding hydrogens is 310 g/mol. The third kappa shape index (κ3) is 2.52. The zero-order valence-corrected chi connectivity index (χ0v) is 13.4. The summed E-state index contributed by atoms with van der Waals surface area (Å²) in [6, 6.07) is 3.10. The molecule has 1 saturated heterocycles. The molecule has 2 atom stereocenters. The van der Waals surface area contributed by atoms with Crippen molar-refractivity contribution in [2.75, 3.05) is 13.1 Å². The van der Waals surface area contributed by atoms with E-state index < -0.39 is 0 Å². The Bertz CT molecular complexity index is 827. The van der Waals surface area contributed by atoms with Crippen molar-refractivity contribution < 1.29 is 9.53 Å². The number of hydrogen-bond acceptors (Lipinski definition) is 5. The quantitative estimate of drug-likeness (QED) is 0.867. The molecule has 0 aromatic carbocycles. The fourth-order valence-corrected chi connectivity index (χ4v) is 3.46. The van der Waals surface area contributed by atoms with Crippen molar-refractivity contribution in [1.82, 2.24) is 24.9 Å². The van der Waals surface area contributed by atoms with Gasteiger partial charge < -0.3 is 14.6 Å². The minimum atomic E-state index is -0.243. The van der Waals surface area contributed by atoms with Crippen LogP contribution in [0, 0.1) is 0 Å². The third-order valence-electron chi connectivity index (χ3n) is 4.74. The molecule has 8 heteroatoms. The number of amides is 1. The van der Waals surface area contributed by atoms with Crippen molar-refractivity contribution in [2.24, 2.45) is 0 Å². The number of nitrogens with one attached hydrogen (secondary N) is 1. The van der Waals surface area contributed by atoms with Crippen LogP contribution in [-0.4, -0.2) is 50.0 Å². The highest BCUT2D eigenvalue weighted by Crippen LogP contribution is 2.30. The van der Waals surface area contributed by atoms with E-state index in [-0.39, 0.29) is 23.6 Å². The first-order valence-corrected chi connectivity index (χ1v) is 8.19. The molecule has 0 aliphatic carbocycles. The van der Waals surface area contributed by atoms with Crippen molar-refractivity contribution >= 4 is 5.91 Å². The molecule has 0 radical (unpaired) electrons. The van der Waals surface area contributed by atoms with Gasteiger partial charge in [0.2, 0.25) is 5.56 Å². The summed E-state index contributed by atoms with van der Waals surface area (Å²) in [5.41, 5.74) is 1.88. The Balaban J connectivity index is 1.59. The van der Waals surface area contributed by atoms with Gasteiger partial charge in [0.1, 0.15) is 0 Å². The zero-order valence-electron chi connectivity index (χ0n) is 13.4. The summed E-state index contributed by atoms with van der Waals surface area (Å²) in [5.74, 6) is -0.124. The molecule has 2 aliphatic rings. The lowest BCUT2D eigenvalue weighted by Crippen LogP contribution is -2.50. The fourth-order valence-electron chi connectivity index (χ4n) is 3.46. The highest BCUT2D eigenvalue weighted by Gasteiger charge is 2.38. The van der Waals surface area contributed by atoms with Gasteiger partial charge in [-0.3, -0.25) is 9.59 Å². The molecule has 0 saturated carbocycles. The first-order valence-electron chi connectivity index (χ1n) is 8.19. The fraction of sp³-hybridized carbons (Fsp3) is 0.500. The highest BCUT2D eigenvalue weighted by molar-refractivity contribution is 5.94. The molecule has 2 aromatic heterocycles. The largest absolute Gasteiger partial charge is 0.370 e. The first kappa shape index (κ1) is 15.1. The number of aryl methyl sites for hydroxylation is 1. The molecule has 0 bridgehead atoms. The van der Waals surface area contributed by atoms with Gasteiger partial charge in [0.15, 0.2) is 0 Å². The molecule has 4 rings (SSSR count). The van der Waals surface area contributed by atoms with Gasteiger partial charge in [-0.1, -0.05) is 12.1 Å². The van der Waals surface area contributed by atoms with Crippen molar-refractivity contribution in [3.63, 3.8) is 0 Å². The Morgan fingerprint density at radius 3 is 3.17 bits per heavy atom. The summed E-state index contributed by atoms with van der Waals surface area (Å²) in [7, 11) is 0. The molecule has 126 valence electrons. The number of carbonyl (C=O) groups excluding carboxylic acids is 1. The number of aromatic amines is 1. The van der Waals surface area contributed by atoms with Crippen LogP contribution in [0.2, 0.25) is 0 Å². The maximum Gasteiger partial charge on any atom is 0.254 e. The SMILES string of the molecule is CCc1cc(C(=O)N2CC[C@@H]3OCc4cnnn4[C@H]3C2)cc(=O)[nH]1. The van der Waals surface area contributed by atoms with Gasteiger partial charge in [-0.15, -0.1) is 5.10 Å². The second-order valence-corrected chi connectivity index (χ2v) is 6.24. The molecule has 8 nitrogen and oxygen atoms in total. The van der Waals surface area contributed by atoms with E-state index in [9.17, 15) is 9.59 Å². The molecule has 1 N–H and O–H groups in total. The van der Waals surface area contributed by atoms with Crippen LogP contribution >= 0.6 is 0 Å². The van der Waals surface area contributed by atoms with Gasteiger partial charge in [-0.05, 0) is 18.9 Å². The van der Waals surface area contributed by atoms with E-state index in [0.29, 0.717) is 31.7 Å². The Morgan fingerprint density at radius 2 is 2.33 bits per heavy atom. The minimum absolute atomic E-state index is 0.0263. The average molecular weight is 329 g/mol. The molecule has 2 aromatic rings. The molecule has 1 amide bonds. The number of aromatic nitrogens is 4. The topological polar surface area (TPSA) is 93.1 Å². The van der Waals surface area contributed by atoms with Gasteiger partial charge in [-0.2, -0.15) is 0 Å². The number of H-pyrrole nitrogens is 1. The first-order chi connectivity index (χ1) is 11.7. The van der Waals surface area contributed by atoms with Crippen molar-refractivity contribution in [2.45, 2.75) is 38.5 Å². The summed E-state index contributed by atoms with van der Waals surface area (Å²) in [5, 5.41) is 8.08. The second-order valence-electron chi connectivity index (χ2n) is 6.24. The number of hydrogen-bond donors (Lipinski definition) is 1. The van der Waals surface area contributed by atoms with E-state index in [4.69, 9.17) is 4.74 Å². The lowest BCUT2D eigenvalue weighted by molar-refractivity contribution is -0.0605. The van der Waals surface area contributed by atoms with E-state index in [1.54, 1.807) is 17.2 Å². The smallest absolute Gasteiger partial charge is 0.254 e. The predicted molar refractivity (Wildman–Crippen MR) is 84.6 cm³/mol. The van der Waals surface area contributed by atoms with Gasteiger partial charge in [0.05, 0.1) is 30.6 Å². The standard InChI is InChI=1S/C16H19N5O3/c1-2-11-5-10(6-15(22)18-11)16(23)20-4-3-14-13(8-20)21-12(9-24-14)7-17-19-21/h5-7,13-14H,2-4,8-9H2,1H3,(H,18,22)/t13-,14-/m0/s1. The molecular formula is C16H19N5O3. The summed E-state index contributed by atoms with van der Waals surface area (Å²) >= 11 is 0. The Kier molecular flexibility index (Phi) is 3.68.